The molecule has 1 aliphatic carbocycles. The van der Waals surface area contributed by atoms with Crippen molar-refractivity contribution in [2.45, 2.75) is 45.4 Å². The zero-order valence-corrected chi connectivity index (χ0v) is 12.4. The van der Waals surface area contributed by atoms with Crippen LogP contribution in [0.2, 0.25) is 0 Å². The summed E-state index contributed by atoms with van der Waals surface area (Å²) in [6, 6.07) is 0. The molecule has 6 heteroatoms. The van der Waals surface area contributed by atoms with Gasteiger partial charge >= 0.3 is 0 Å². The summed E-state index contributed by atoms with van der Waals surface area (Å²) in [5.74, 6) is 1.22. The minimum absolute atomic E-state index is 0.119. The number of carbonyl (C=O) groups is 1. The van der Waals surface area contributed by atoms with E-state index in [2.05, 4.69) is 20.4 Å². The van der Waals surface area contributed by atoms with Crippen LogP contribution in [0.15, 0.2) is 16.9 Å². The van der Waals surface area contributed by atoms with Gasteiger partial charge in [-0.2, -0.15) is 0 Å². The predicted octanol–water partition coefficient (Wildman–Crippen LogP) is 2.70. The van der Waals surface area contributed by atoms with E-state index in [1.807, 2.05) is 20.8 Å². The molecule has 2 aromatic heterocycles. The molecule has 6 nitrogen and oxygen atoms in total. The normalized spacial score (nSPS) is 15.8. The Kier molecular flexibility index (Phi) is 3.45. The quantitative estimate of drug-likeness (QED) is 0.934. The Bertz CT molecular complexity index is 657. The third-order valence-electron chi connectivity index (χ3n) is 3.85. The van der Waals surface area contributed by atoms with Gasteiger partial charge in [0.15, 0.2) is 5.82 Å². The second-order valence-electron chi connectivity index (χ2n) is 5.51. The van der Waals surface area contributed by atoms with E-state index < -0.39 is 0 Å². The maximum atomic E-state index is 12.5. The van der Waals surface area contributed by atoms with E-state index in [0.717, 1.165) is 29.8 Å². The summed E-state index contributed by atoms with van der Waals surface area (Å²) in [4.78, 5) is 21.1. The molecule has 2 heterocycles. The van der Waals surface area contributed by atoms with Gasteiger partial charge in [-0.25, -0.2) is 4.98 Å². The summed E-state index contributed by atoms with van der Waals surface area (Å²) in [6.07, 6.45) is 5.49. The molecule has 0 radical (unpaired) electrons. The Morgan fingerprint density at radius 3 is 2.67 bits per heavy atom. The number of aromatic nitrogens is 3. The molecule has 1 atom stereocenters. The third kappa shape index (κ3) is 2.66. The van der Waals surface area contributed by atoms with Crippen LogP contribution in [-0.2, 0) is 4.79 Å². The summed E-state index contributed by atoms with van der Waals surface area (Å²) in [5, 5.41) is 6.79. The number of nitrogens with one attached hydrogen (secondary N) is 1. The zero-order valence-electron chi connectivity index (χ0n) is 12.4. The summed E-state index contributed by atoms with van der Waals surface area (Å²) in [7, 11) is 0. The van der Waals surface area contributed by atoms with E-state index in [9.17, 15) is 4.79 Å². The van der Waals surface area contributed by atoms with Crippen LogP contribution in [0.4, 0.5) is 5.82 Å². The molecule has 0 saturated heterocycles. The summed E-state index contributed by atoms with van der Waals surface area (Å²) >= 11 is 0. The van der Waals surface area contributed by atoms with Crippen LogP contribution < -0.4 is 5.32 Å². The molecule has 0 bridgehead atoms. The smallest absolute Gasteiger partial charge is 0.233 e. The minimum Gasteiger partial charge on any atom is -0.361 e. The fourth-order valence-corrected chi connectivity index (χ4v) is 2.56. The van der Waals surface area contributed by atoms with Crippen molar-refractivity contribution in [2.75, 3.05) is 5.32 Å². The maximum Gasteiger partial charge on any atom is 0.233 e. The van der Waals surface area contributed by atoms with E-state index in [4.69, 9.17) is 4.52 Å². The van der Waals surface area contributed by atoms with E-state index >= 15 is 0 Å². The molecular weight excluding hydrogens is 268 g/mol. The van der Waals surface area contributed by atoms with Crippen LogP contribution in [0, 0.1) is 13.8 Å². The lowest BCUT2D eigenvalue weighted by Crippen LogP contribution is -2.21. The van der Waals surface area contributed by atoms with E-state index in [-0.39, 0.29) is 11.8 Å². The molecule has 110 valence electrons. The Morgan fingerprint density at radius 1 is 1.33 bits per heavy atom. The average molecular weight is 286 g/mol. The van der Waals surface area contributed by atoms with Crippen LogP contribution in [0.3, 0.4) is 0 Å². The molecule has 0 aromatic carbocycles. The Labute approximate surface area is 123 Å². The van der Waals surface area contributed by atoms with Crippen LogP contribution >= 0.6 is 0 Å². The number of anilines is 1. The number of hydrogen-bond donors (Lipinski definition) is 1. The largest absolute Gasteiger partial charge is 0.361 e. The Balaban J connectivity index is 1.80. The first-order chi connectivity index (χ1) is 10.1. The van der Waals surface area contributed by atoms with Crippen LogP contribution in [0.5, 0.6) is 0 Å². The third-order valence-corrected chi connectivity index (χ3v) is 3.85. The highest BCUT2D eigenvalue weighted by molar-refractivity contribution is 5.95. The Hall–Kier alpha value is -2.24. The van der Waals surface area contributed by atoms with Gasteiger partial charge in [0.05, 0.1) is 17.3 Å². The number of carbonyl (C=O) groups excluding carboxylic acids is 1. The summed E-state index contributed by atoms with van der Waals surface area (Å²) in [6.45, 7) is 5.50. The summed E-state index contributed by atoms with van der Waals surface area (Å²) < 4.78 is 5.13. The molecule has 3 rings (SSSR count). The van der Waals surface area contributed by atoms with Crippen molar-refractivity contribution in [1.29, 1.82) is 0 Å². The van der Waals surface area contributed by atoms with E-state index in [0.29, 0.717) is 17.5 Å². The van der Waals surface area contributed by atoms with Gasteiger partial charge in [-0.3, -0.25) is 9.78 Å². The fraction of sp³-hybridized carbons (Fsp3) is 0.467. The van der Waals surface area contributed by atoms with Crippen molar-refractivity contribution in [1.82, 2.24) is 15.1 Å². The average Bonchev–Trinajstić information content (AvgIpc) is 3.25. The van der Waals surface area contributed by atoms with Gasteiger partial charge in [0.2, 0.25) is 5.91 Å². The van der Waals surface area contributed by atoms with Crippen molar-refractivity contribution in [3.05, 3.63) is 35.1 Å². The van der Waals surface area contributed by atoms with E-state index in [1.54, 1.807) is 12.4 Å². The van der Waals surface area contributed by atoms with Crippen molar-refractivity contribution in [3.63, 3.8) is 0 Å². The molecule has 21 heavy (non-hydrogen) atoms. The molecule has 1 amide bonds. The van der Waals surface area contributed by atoms with Gasteiger partial charge in [-0.15, -0.1) is 0 Å². The highest BCUT2D eigenvalue weighted by Gasteiger charge is 2.30. The molecule has 1 fully saturated rings. The van der Waals surface area contributed by atoms with Crippen LogP contribution in [-0.4, -0.2) is 21.0 Å². The van der Waals surface area contributed by atoms with Gasteiger partial charge in [0.25, 0.3) is 0 Å². The lowest BCUT2D eigenvalue weighted by atomic mass is 9.98. The van der Waals surface area contributed by atoms with Gasteiger partial charge in [0.1, 0.15) is 5.76 Å². The summed E-state index contributed by atoms with van der Waals surface area (Å²) in [5.41, 5.74) is 2.47. The molecule has 1 aliphatic rings. The second kappa shape index (κ2) is 5.27. The first kappa shape index (κ1) is 13.7. The van der Waals surface area contributed by atoms with E-state index in [1.165, 1.54) is 0 Å². The van der Waals surface area contributed by atoms with Gasteiger partial charge in [-0.05, 0) is 33.6 Å². The topological polar surface area (TPSA) is 80.9 Å². The lowest BCUT2D eigenvalue weighted by Gasteiger charge is -2.13. The van der Waals surface area contributed by atoms with Crippen molar-refractivity contribution >= 4 is 11.7 Å². The monoisotopic (exact) mass is 286 g/mol. The van der Waals surface area contributed by atoms with Crippen molar-refractivity contribution in [2.24, 2.45) is 0 Å². The Morgan fingerprint density at radius 2 is 2.05 bits per heavy atom. The number of amides is 1. The first-order valence-corrected chi connectivity index (χ1v) is 7.12. The van der Waals surface area contributed by atoms with Crippen molar-refractivity contribution < 1.29 is 9.32 Å². The lowest BCUT2D eigenvalue weighted by molar-refractivity contribution is -0.117. The first-order valence-electron chi connectivity index (χ1n) is 7.12. The molecule has 1 saturated carbocycles. The van der Waals surface area contributed by atoms with Crippen LogP contribution in [0.25, 0.3) is 0 Å². The molecular formula is C15H18N4O2. The molecule has 2 aromatic rings. The predicted molar refractivity (Wildman–Crippen MR) is 77.0 cm³/mol. The number of rotatable bonds is 4. The second-order valence-corrected chi connectivity index (χ2v) is 5.51. The fourth-order valence-electron chi connectivity index (χ4n) is 2.56. The van der Waals surface area contributed by atoms with Gasteiger partial charge in [0, 0.05) is 23.9 Å². The zero-order chi connectivity index (χ0) is 15.0. The number of hydrogen-bond acceptors (Lipinski definition) is 5. The number of aryl methyl sites for hydroxylation is 2. The molecule has 0 spiro atoms. The van der Waals surface area contributed by atoms with Gasteiger partial charge in [-0.1, -0.05) is 5.16 Å². The molecule has 1 unspecified atom stereocenters. The SMILES string of the molecule is Cc1noc(C)c1C(C)C(=O)Nc1nccnc1C1CC1. The molecule has 1 N–H and O–H groups in total. The minimum atomic E-state index is -0.342. The highest BCUT2D eigenvalue weighted by atomic mass is 16.5. The van der Waals surface area contributed by atoms with Gasteiger partial charge < -0.3 is 9.84 Å². The maximum absolute atomic E-state index is 12.5. The molecule has 0 aliphatic heterocycles. The van der Waals surface area contributed by atoms with Crippen molar-refractivity contribution in [3.8, 4) is 0 Å². The highest BCUT2D eigenvalue weighted by Crippen LogP contribution is 2.41. The van der Waals surface area contributed by atoms with Crippen LogP contribution in [0.1, 0.15) is 54.3 Å². The number of nitrogens with zero attached hydrogens (tertiary/aromatic N) is 3. The standard InChI is InChI=1S/C15H18N4O2/c1-8(12-9(2)19-21-10(12)3)15(20)18-14-13(11-4-5-11)16-6-7-17-14/h6-8,11H,4-5H2,1-3H3,(H,17,18,20).